The molecule has 4 aromatic heterocycles. The number of hydrogen-bond donors (Lipinski definition) is 5. The number of nitrogens with zero attached hydrogens (tertiary/aromatic N) is 12. The SMILES string of the molecule is CCOC(=O)C1=C(CBr)NC(c2nccs2)=NC1c1ccc(F)cc1Br.CCOC(=O)C1=C2CC(C(=O)O)CN2C(c2nccs2)=NC1c1ccc(F)cc1Br.CCOC(=O)CC#N.[B].[C-]#[N+]C(CC1=C(C(=O)OCC)C(c2ccc(F)cc2Br)N=C(c2nccs2)N1)C(=O)OCC.[C-]#[N+]C(CO)CC1=C(C(=O)OCC)C(c2ccc(F)cc2Br)N=C(c2nccs2)N1.[H-].[H-].[Na+].[Na+]. The number of ether oxygens (including phenoxy) is 6. The number of carbonyl (C=O) groups excluding carboxylic acids is 6. The molecule has 0 amide bonds. The predicted molar refractivity (Wildman–Crippen MR) is 491 cm³/mol. The van der Waals surface area contributed by atoms with Gasteiger partial charge in [0.15, 0.2) is 43.4 Å². The Kier molecular flexibility index (Phi) is 45.9. The molecule has 4 aromatic carbocycles. The smallest absolute Gasteiger partial charge is 1.00 e. The number of carbonyl (C=O) groups is 7. The van der Waals surface area contributed by atoms with Gasteiger partial charge < -0.3 is 72.0 Å². The van der Waals surface area contributed by atoms with Crippen molar-refractivity contribution in [1.29, 1.82) is 5.26 Å². The van der Waals surface area contributed by atoms with Crippen LogP contribution < -0.4 is 75.1 Å². The number of rotatable bonds is 27. The van der Waals surface area contributed by atoms with E-state index in [1.54, 1.807) is 112 Å². The Morgan fingerprint density at radius 1 is 0.531 bits per heavy atom. The Bertz CT molecular complexity index is 5780. The molecule has 8 aromatic rings. The summed E-state index contributed by atoms with van der Waals surface area (Å²) in [5.74, 6) is -4.89. The van der Waals surface area contributed by atoms with Crippen molar-refractivity contribution in [3.8, 4) is 6.07 Å². The molecule has 30 nitrogen and oxygen atoms in total. The van der Waals surface area contributed by atoms with E-state index in [1.807, 2.05) is 5.38 Å². The first-order valence-corrected chi connectivity index (χ1v) is 46.2. The van der Waals surface area contributed by atoms with E-state index in [0.717, 1.165) is 0 Å². The summed E-state index contributed by atoms with van der Waals surface area (Å²) in [4.78, 5) is 130. The molecule has 1 fully saturated rings. The maximum atomic E-state index is 13.8. The summed E-state index contributed by atoms with van der Waals surface area (Å²) in [6.07, 6.45) is 6.55. The van der Waals surface area contributed by atoms with Gasteiger partial charge in [-0.3, -0.25) is 29.6 Å². The molecule has 46 heteroatoms. The van der Waals surface area contributed by atoms with Crippen LogP contribution >= 0.6 is 125 Å². The van der Waals surface area contributed by atoms with Crippen LogP contribution in [0.1, 0.15) is 137 Å². The van der Waals surface area contributed by atoms with E-state index in [0.29, 0.717) is 124 Å². The van der Waals surface area contributed by atoms with Crippen molar-refractivity contribution in [2.45, 2.75) is 103 Å². The van der Waals surface area contributed by atoms with Gasteiger partial charge in [-0.25, -0.2) is 74.6 Å². The third-order valence-corrected chi connectivity index (χ3v) is 24.5. The molecule has 671 valence electrons. The molecule has 1 saturated heterocycles. The second-order valence-electron chi connectivity index (χ2n) is 26.2. The standard InChI is InChI=1S/C22H20BrFN4O4S.C20H18BrFN4O3S.C20H17BrFN3O4S.C17H14Br2FN3O2S.C5H7NO2.B.2Na.2H/c1-4-31-21(29)16(25-3)11-15-17(22(30)32-5-2)18(13-7-6-12(24)10-14(13)23)28-19(27-15)20-26-8-9-33-20;1-3-29-20(28)16-15(9-12(10-27)23-2)25-18(19-24-6-7-30-19)26-17(16)13-5-4-11(22)8-14(13)21;1-2-29-20(28)15-14-7-10(19(26)27)9-25(14)17(18-23-5-6-30-18)24-16(15)12-4-3-11(22)8-13(12)21;1-2-25-17(24)13-12(8-18)22-15(16-21-5-6-26-16)23-14(13)10-4-3-9(20)7-11(10)19;1-2-8-5(7)3-4-6;;;;;/h6-10,16,18H,4-5,11H2,1-2H3,(H,27,28);4-8,12,17,27H,3,9-10H2,1H3,(H,25,26);3-6,8,10,16H,2,7,9H2,1H3,(H,26,27);3-7,14H,2,8H2,1H3,(H,22,23);2-3H2,1H3;;;;;/q;;;;;;2*+1;2*-1. The van der Waals surface area contributed by atoms with Crippen LogP contribution in [0.2, 0.25) is 0 Å². The van der Waals surface area contributed by atoms with Crippen LogP contribution in [-0.2, 0) is 62.0 Å². The topological polar surface area (TPSA) is 388 Å². The number of amidine groups is 4. The van der Waals surface area contributed by atoms with Crippen LogP contribution in [0.3, 0.4) is 0 Å². The number of allylic oxidation sites excluding steroid dienone is 2. The second-order valence-corrected chi connectivity index (χ2v) is 33.8. The monoisotopic (exact) mass is 2190 g/mol. The number of carboxylic acid groups (broad SMARTS) is 1. The number of halogens is 9. The van der Waals surface area contributed by atoms with Gasteiger partial charge in [0.2, 0.25) is 0 Å². The molecular weight excluding hydrogens is 2120 g/mol. The number of esters is 6. The van der Waals surface area contributed by atoms with E-state index >= 15 is 0 Å². The predicted octanol–water partition coefficient (Wildman–Crippen LogP) is 10.3. The number of alkyl halides is 1. The fraction of sp³-hybridized carbons (Fsp3) is 0.310. The van der Waals surface area contributed by atoms with Crippen molar-refractivity contribution in [3.05, 3.63) is 270 Å². The van der Waals surface area contributed by atoms with Crippen LogP contribution in [0.25, 0.3) is 9.69 Å². The molecule has 0 bridgehead atoms. The average Bonchev–Trinajstić information content (AvgIpc) is 1.58. The second kappa shape index (κ2) is 54.3. The molecule has 0 aliphatic carbocycles. The van der Waals surface area contributed by atoms with Crippen LogP contribution in [0.4, 0.5) is 17.6 Å². The number of hydrogen-bond acceptors (Lipinski definition) is 31. The van der Waals surface area contributed by atoms with Crippen molar-refractivity contribution >= 4 is 199 Å². The normalized spacial score (nSPS) is 16.7. The molecule has 5 aliphatic heterocycles. The van der Waals surface area contributed by atoms with Gasteiger partial charge in [0, 0.05) is 114 Å². The molecule has 7 atom stereocenters. The van der Waals surface area contributed by atoms with Gasteiger partial charge in [-0.1, -0.05) is 104 Å². The molecule has 9 heterocycles. The molecule has 13 rings (SSSR count). The molecule has 130 heavy (non-hydrogen) atoms. The zero-order valence-corrected chi connectivity index (χ0v) is 85.7. The zero-order chi connectivity index (χ0) is 92.1. The third kappa shape index (κ3) is 28.8. The minimum atomic E-state index is -1.18. The summed E-state index contributed by atoms with van der Waals surface area (Å²) < 4.78 is 87.0. The van der Waals surface area contributed by atoms with Crippen LogP contribution in [-0.4, -0.2) is 179 Å². The number of aromatic nitrogens is 4. The molecule has 0 spiro atoms. The molecule has 0 saturated carbocycles. The number of benzene rings is 4. The Morgan fingerprint density at radius 3 is 1.19 bits per heavy atom. The minimum Gasteiger partial charge on any atom is -1.00 e. The first-order chi connectivity index (χ1) is 61.1. The van der Waals surface area contributed by atoms with Gasteiger partial charge in [0.05, 0.1) is 86.8 Å². The number of aliphatic imine (C=N–C) groups is 4. The molecular formula is C84H78BBr5F4N15Na2O15S4. The molecule has 5 N–H and O–H groups in total. The molecule has 5 aliphatic rings. The van der Waals surface area contributed by atoms with Crippen molar-refractivity contribution in [2.24, 2.45) is 25.9 Å². The van der Waals surface area contributed by atoms with Gasteiger partial charge in [-0.2, -0.15) is 5.26 Å². The van der Waals surface area contributed by atoms with Crippen LogP contribution in [0, 0.1) is 53.7 Å². The third-order valence-electron chi connectivity index (χ3n) is 18.1. The number of aliphatic hydroxyl groups excluding tert-OH is 1. The first kappa shape index (κ1) is 110. The van der Waals surface area contributed by atoms with E-state index in [1.165, 1.54) is 99.9 Å². The summed E-state index contributed by atoms with van der Waals surface area (Å²) in [5.41, 5.74) is 5.25. The first-order valence-electron chi connectivity index (χ1n) is 38.3. The number of fused-ring (bicyclic) bond motifs is 1. The zero-order valence-electron chi connectivity index (χ0n) is 72.5. The summed E-state index contributed by atoms with van der Waals surface area (Å²) >= 11 is 22.4. The molecule has 3 radical (unpaired) electrons. The van der Waals surface area contributed by atoms with Crippen molar-refractivity contribution < 1.29 is 152 Å². The number of nitriles is 1. The summed E-state index contributed by atoms with van der Waals surface area (Å²) in [7, 11) is 0. The van der Waals surface area contributed by atoms with Gasteiger partial charge in [0.25, 0.3) is 6.04 Å². The average molecular weight is 2200 g/mol. The van der Waals surface area contributed by atoms with Gasteiger partial charge in [-0.15, -0.1) is 45.3 Å². The fourth-order valence-electron chi connectivity index (χ4n) is 12.7. The minimum absolute atomic E-state index is 0. The molecule has 7 unspecified atom stereocenters. The summed E-state index contributed by atoms with van der Waals surface area (Å²) in [6, 6.07) is 13.3. The van der Waals surface area contributed by atoms with Crippen LogP contribution in [0.5, 0.6) is 0 Å². The maximum absolute atomic E-state index is 13.8. The number of thiazole rings is 4. The van der Waals surface area contributed by atoms with Crippen LogP contribution in [0.15, 0.2) is 202 Å². The Morgan fingerprint density at radius 2 is 0.877 bits per heavy atom. The fourth-order valence-corrected chi connectivity index (χ4v) is 17.8. The maximum Gasteiger partial charge on any atom is 1.00 e. The van der Waals surface area contributed by atoms with E-state index in [-0.39, 0.29) is 165 Å². The number of nitrogens with one attached hydrogen (secondary N) is 3. The van der Waals surface area contributed by atoms with Crippen molar-refractivity contribution in [2.75, 3.05) is 58.1 Å². The van der Waals surface area contributed by atoms with E-state index in [9.17, 15) is 61.3 Å². The largest absolute Gasteiger partial charge is 1.00 e. The number of aliphatic hydroxyl groups is 1. The number of carboxylic acids is 1. The quantitative estimate of drug-likeness (QED) is 0.00797. The van der Waals surface area contributed by atoms with Gasteiger partial charge >= 0.3 is 107 Å². The van der Waals surface area contributed by atoms with Gasteiger partial charge in [0.1, 0.15) is 60.5 Å². The van der Waals surface area contributed by atoms with Crippen molar-refractivity contribution in [1.82, 2.24) is 40.8 Å². The van der Waals surface area contributed by atoms with Gasteiger partial charge in [-0.05, 0) is 112 Å². The van der Waals surface area contributed by atoms with E-state index in [4.69, 9.17) is 47.1 Å². The Balaban J connectivity index is 0.000000354. The Labute approximate surface area is 851 Å². The summed E-state index contributed by atoms with van der Waals surface area (Å²) in [6.45, 7) is 25.9. The van der Waals surface area contributed by atoms with Crippen molar-refractivity contribution in [3.63, 3.8) is 0 Å². The summed E-state index contributed by atoms with van der Waals surface area (Å²) in [5, 5.41) is 46.5. The Hall–Kier alpha value is -8.86. The van der Waals surface area contributed by atoms with E-state index < -0.39 is 101 Å². The number of aliphatic carboxylic acids is 1. The van der Waals surface area contributed by atoms with E-state index in [2.05, 4.69) is 145 Å².